The van der Waals surface area contributed by atoms with Gasteiger partial charge in [0.25, 0.3) is 0 Å². The minimum Gasteiger partial charge on any atom is -0.454 e. The molecule has 0 saturated heterocycles. The van der Waals surface area contributed by atoms with Crippen LogP contribution in [-0.4, -0.2) is 24.5 Å². The molecule has 0 unspecified atom stereocenters. The third-order valence-electron chi connectivity index (χ3n) is 11.0. The molecular weight excluding hydrogens is 719 g/mol. The van der Waals surface area contributed by atoms with Crippen molar-refractivity contribution in [2.45, 2.75) is 0 Å². The lowest BCUT2D eigenvalue weighted by Crippen LogP contribution is -2.01. The maximum atomic E-state index is 6.13. The van der Waals surface area contributed by atoms with E-state index >= 15 is 0 Å². The molecule has 0 saturated carbocycles. The Labute approximate surface area is 330 Å². The first-order valence-corrected chi connectivity index (χ1v) is 19.7. The maximum Gasteiger partial charge on any atom is 0.164 e. The third-order valence-corrected chi connectivity index (χ3v) is 12.1. The Kier molecular flexibility index (Phi) is 7.00. The van der Waals surface area contributed by atoms with Crippen molar-refractivity contribution in [2.24, 2.45) is 0 Å². The van der Waals surface area contributed by atoms with Crippen molar-refractivity contribution in [2.75, 3.05) is 0 Å². The minimum atomic E-state index is 0.589. The topological polar surface area (TPSA) is 69.6 Å². The fraction of sp³-hybridized carbons (Fsp3) is 0. The third kappa shape index (κ3) is 5.03. The fourth-order valence-corrected chi connectivity index (χ4v) is 9.56. The largest absolute Gasteiger partial charge is 0.454 e. The normalized spacial score (nSPS) is 11.9. The van der Waals surface area contributed by atoms with E-state index in [1.54, 1.807) is 23.7 Å². The molecule has 0 amide bonds. The number of furan rings is 1. The SMILES string of the molecule is c1ccc(-c2cccc3c2c2ccccc2n3-c2cccc(-c3nc(-c4ccc5oc6cnccc6c5c4)nc(-c4cccc5sc6ccccc6c45)n3)c2)cc1. The summed E-state index contributed by atoms with van der Waals surface area (Å²) >= 11 is 1.79. The molecule has 7 aromatic carbocycles. The number of nitrogens with zero attached hydrogens (tertiary/aromatic N) is 5. The maximum absolute atomic E-state index is 6.13. The van der Waals surface area contributed by atoms with Gasteiger partial charge in [-0.1, -0.05) is 103 Å². The van der Waals surface area contributed by atoms with E-state index in [2.05, 4.69) is 155 Å². The molecule has 5 aromatic heterocycles. The molecule has 12 aromatic rings. The Bertz CT molecular complexity index is 3550. The number of hydrogen-bond acceptors (Lipinski definition) is 6. The van der Waals surface area contributed by atoms with E-state index in [0.29, 0.717) is 17.5 Å². The van der Waals surface area contributed by atoms with Gasteiger partial charge in [0.2, 0.25) is 0 Å². The first-order valence-electron chi connectivity index (χ1n) is 18.9. The lowest BCUT2D eigenvalue weighted by atomic mass is 9.99. The molecule has 0 spiro atoms. The summed E-state index contributed by atoms with van der Waals surface area (Å²) in [7, 11) is 0. The molecule has 0 aliphatic heterocycles. The molecule has 0 N–H and O–H groups in total. The predicted octanol–water partition coefficient (Wildman–Crippen LogP) is 13.3. The molecular formula is C50H29N5OS. The van der Waals surface area contributed by atoms with Gasteiger partial charge < -0.3 is 8.98 Å². The average molecular weight is 748 g/mol. The van der Waals surface area contributed by atoms with Crippen molar-refractivity contribution in [1.82, 2.24) is 24.5 Å². The first kappa shape index (κ1) is 31.8. The Hall–Kier alpha value is -7.48. The number of benzene rings is 7. The zero-order valence-electron chi connectivity index (χ0n) is 30.3. The summed E-state index contributed by atoms with van der Waals surface area (Å²) in [5, 5.41) is 6.76. The molecule has 0 radical (unpaired) electrons. The highest BCUT2D eigenvalue weighted by molar-refractivity contribution is 7.25. The monoisotopic (exact) mass is 747 g/mol. The van der Waals surface area contributed by atoms with Gasteiger partial charge in [-0.3, -0.25) is 4.98 Å². The Morgan fingerprint density at radius 2 is 1.14 bits per heavy atom. The van der Waals surface area contributed by atoms with Crippen molar-refractivity contribution < 1.29 is 4.42 Å². The molecule has 7 heteroatoms. The van der Waals surface area contributed by atoms with Gasteiger partial charge in [0.1, 0.15) is 5.58 Å². The van der Waals surface area contributed by atoms with Crippen LogP contribution in [0.5, 0.6) is 0 Å². The lowest BCUT2D eigenvalue weighted by Gasteiger charge is -2.12. The van der Waals surface area contributed by atoms with E-state index in [0.717, 1.165) is 60.7 Å². The smallest absolute Gasteiger partial charge is 0.164 e. The van der Waals surface area contributed by atoms with Crippen molar-refractivity contribution in [1.29, 1.82) is 0 Å². The van der Waals surface area contributed by atoms with E-state index < -0.39 is 0 Å². The van der Waals surface area contributed by atoms with Crippen LogP contribution < -0.4 is 0 Å². The highest BCUT2D eigenvalue weighted by Crippen LogP contribution is 2.41. The van der Waals surface area contributed by atoms with Gasteiger partial charge in [0.05, 0.1) is 17.2 Å². The minimum absolute atomic E-state index is 0.589. The molecule has 57 heavy (non-hydrogen) atoms. The van der Waals surface area contributed by atoms with Gasteiger partial charge in [-0.25, -0.2) is 15.0 Å². The summed E-state index contributed by atoms with van der Waals surface area (Å²) < 4.78 is 10.9. The Balaban J connectivity index is 1.09. The van der Waals surface area contributed by atoms with Gasteiger partial charge >= 0.3 is 0 Å². The molecule has 0 fully saturated rings. The van der Waals surface area contributed by atoms with Gasteiger partial charge in [-0.15, -0.1) is 11.3 Å². The Morgan fingerprint density at radius 3 is 2.05 bits per heavy atom. The highest BCUT2D eigenvalue weighted by atomic mass is 32.1. The lowest BCUT2D eigenvalue weighted by molar-refractivity contribution is 0.667. The number of rotatable bonds is 5. The van der Waals surface area contributed by atoms with Gasteiger partial charge in [0, 0.05) is 70.3 Å². The molecule has 0 aliphatic rings. The molecule has 0 bridgehead atoms. The van der Waals surface area contributed by atoms with E-state index in [-0.39, 0.29) is 0 Å². The fourth-order valence-electron chi connectivity index (χ4n) is 8.43. The van der Waals surface area contributed by atoms with Crippen LogP contribution in [0.15, 0.2) is 181 Å². The number of pyridine rings is 1. The number of aromatic nitrogens is 5. The second-order valence-corrected chi connectivity index (χ2v) is 15.3. The molecule has 0 atom stereocenters. The van der Waals surface area contributed by atoms with Crippen LogP contribution in [0.25, 0.3) is 115 Å². The summed E-state index contributed by atoms with van der Waals surface area (Å²) in [4.78, 5) is 20.0. The zero-order valence-corrected chi connectivity index (χ0v) is 31.1. The van der Waals surface area contributed by atoms with Crippen LogP contribution in [0.4, 0.5) is 0 Å². The number of hydrogen-bond donors (Lipinski definition) is 0. The number of thiophene rings is 1. The zero-order chi connectivity index (χ0) is 37.5. The van der Waals surface area contributed by atoms with Crippen LogP contribution in [0, 0.1) is 0 Å². The van der Waals surface area contributed by atoms with Crippen LogP contribution in [-0.2, 0) is 0 Å². The quantitative estimate of drug-likeness (QED) is 0.175. The second kappa shape index (κ2) is 12.5. The van der Waals surface area contributed by atoms with E-state index in [1.807, 2.05) is 18.2 Å². The van der Waals surface area contributed by atoms with Gasteiger partial charge in [-0.2, -0.15) is 0 Å². The predicted molar refractivity (Wildman–Crippen MR) is 234 cm³/mol. The summed E-state index contributed by atoms with van der Waals surface area (Å²) in [6.45, 7) is 0. The van der Waals surface area contributed by atoms with Crippen LogP contribution in [0.2, 0.25) is 0 Å². The van der Waals surface area contributed by atoms with E-state index in [1.165, 1.54) is 36.7 Å². The summed E-state index contributed by atoms with van der Waals surface area (Å²) in [6.07, 6.45) is 3.55. The summed E-state index contributed by atoms with van der Waals surface area (Å²) in [6, 6.07) is 57.5. The van der Waals surface area contributed by atoms with Crippen molar-refractivity contribution in [3.63, 3.8) is 0 Å². The average Bonchev–Trinajstić information content (AvgIpc) is 3.96. The van der Waals surface area contributed by atoms with Crippen molar-refractivity contribution in [3.8, 4) is 51.0 Å². The first-order chi connectivity index (χ1) is 28.2. The van der Waals surface area contributed by atoms with Gasteiger partial charge in [-0.05, 0) is 71.8 Å². The second-order valence-electron chi connectivity index (χ2n) is 14.2. The van der Waals surface area contributed by atoms with Crippen LogP contribution in [0.1, 0.15) is 0 Å². The molecule has 5 heterocycles. The highest BCUT2D eigenvalue weighted by Gasteiger charge is 2.20. The molecule has 0 aliphatic carbocycles. The summed E-state index contributed by atoms with van der Waals surface area (Å²) in [5.74, 6) is 1.81. The van der Waals surface area contributed by atoms with Gasteiger partial charge in [0.15, 0.2) is 23.1 Å². The molecule has 266 valence electrons. The van der Waals surface area contributed by atoms with E-state index in [9.17, 15) is 0 Å². The number of fused-ring (bicyclic) bond motifs is 9. The Morgan fingerprint density at radius 1 is 0.439 bits per heavy atom. The van der Waals surface area contributed by atoms with Crippen LogP contribution in [0.3, 0.4) is 0 Å². The van der Waals surface area contributed by atoms with Crippen LogP contribution >= 0.6 is 11.3 Å². The standard InChI is InChI=1S/C50H29N5OS/c1-2-11-30(12-3-1)34-17-9-20-41-46(34)36-15-4-6-19-40(36)55(41)33-14-8-13-31(27-33)48-52-49(32-23-24-42-39(28-32)35-25-26-51-29-43(35)56-42)54-50(53-48)38-18-10-22-45-47(38)37-16-5-7-21-44(37)57-45/h1-29H. The van der Waals surface area contributed by atoms with Crippen molar-refractivity contribution in [3.05, 3.63) is 176 Å². The summed E-state index contributed by atoms with van der Waals surface area (Å²) in [5.41, 5.74) is 9.98. The molecule has 6 nitrogen and oxygen atoms in total. The van der Waals surface area contributed by atoms with E-state index in [4.69, 9.17) is 19.4 Å². The van der Waals surface area contributed by atoms with Crippen molar-refractivity contribution >= 4 is 75.3 Å². The number of para-hydroxylation sites is 1. The molecule has 12 rings (SSSR count).